The van der Waals surface area contributed by atoms with E-state index in [1.54, 1.807) is 18.2 Å². The van der Waals surface area contributed by atoms with E-state index in [2.05, 4.69) is 5.32 Å². The van der Waals surface area contributed by atoms with Crippen LogP contribution in [0.5, 0.6) is 0 Å². The lowest BCUT2D eigenvalue weighted by Gasteiger charge is -2.55. The van der Waals surface area contributed by atoms with Gasteiger partial charge in [-0.15, -0.1) is 0 Å². The molecule has 0 saturated heterocycles. The lowest BCUT2D eigenvalue weighted by molar-refractivity contribution is -0.0628. The van der Waals surface area contributed by atoms with Crippen LogP contribution in [-0.4, -0.2) is 24.7 Å². The van der Waals surface area contributed by atoms with Crippen LogP contribution < -0.4 is 10.5 Å². The molecule has 2 aromatic rings. The number of sulfonamides is 1. The zero-order chi connectivity index (χ0) is 20.5. The van der Waals surface area contributed by atoms with E-state index in [1.165, 1.54) is 18.2 Å². The summed E-state index contributed by atoms with van der Waals surface area (Å²) in [5.74, 6) is -0.458. The highest BCUT2D eigenvalue weighted by Gasteiger charge is 2.62. The van der Waals surface area contributed by atoms with E-state index in [9.17, 15) is 13.5 Å². The second-order valence-corrected chi connectivity index (χ2v) is 10.3. The van der Waals surface area contributed by atoms with Crippen molar-refractivity contribution in [1.29, 1.82) is 0 Å². The number of halogens is 1. The van der Waals surface area contributed by atoms with Gasteiger partial charge in [0.2, 0.25) is 10.0 Å². The smallest absolute Gasteiger partial charge is 0.238 e. The molecule has 0 spiro atoms. The molecule has 1 heterocycles. The van der Waals surface area contributed by atoms with Gasteiger partial charge in [-0.3, -0.25) is 0 Å². The summed E-state index contributed by atoms with van der Waals surface area (Å²) in [6.45, 7) is 5.92. The number of aliphatic hydroxyl groups is 1. The summed E-state index contributed by atoms with van der Waals surface area (Å²) in [5.41, 5.74) is 0.143. The molecule has 1 aliphatic heterocycles. The van der Waals surface area contributed by atoms with Crippen molar-refractivity contribution < 1.29 is 17.9 Å². The minimum Gasteiger partial charge on any atom is -0.387 e. The Morgan fingerprint density at radius 1 is 1.14 bits per heavy atom. The van der Waals surface area contributed by atoms with E-state index in [1.807, 2.05) is 20.8 Å². The molecule has 4 rings (SSSR count). The molecule has 4 N–H and O–H groups in total. The van der Waals surface area contributed by atoms with Crippen LogP contribution in [0.2, 0.25) is 0 Å². The summed E-state index contributed by atoms with van der Waals surface area (Å²) in [5, 5.41) is 20.1. The molecule has 5 nitrogen and oxygen atoms in total. The van der Waals surface area contributed by atoms with Crippen LogP contribution in [-0.2, 0) is 15.4 Å². The Kier molecular flexibility index (Phi) is 4.00. The fourth-order valence-electron chi connectivity index (χ4n) is 5.18. The van der Waals surface area contributed by atoms with Gasteiger partial charge in [0, 0.05) is 16.7 Å². The second-order valence-electron chi connectivity index (χ2n) is 8.75. The molecule has 1 fully saturated rings. The highest BCUT2D eigenvalue weighted by atomic mass is 32.2. The molecule has 2 aromatic carbocycles. The molecule has 2 atom stereocenters. The van der Waals surface area contributed by atoms with E-state index in [0.717, 1.165) is 18.4 Å². The molecule has 0 amide bonds. The van der Waals surface area contributed by atoms with Gasteiger partial charge in [0.15, 0.2) is 0 Å². The maximum Gasteiger partial charge on any atom is 0.238 e. The zero-order valence-electron chi connectivity index (χ0n) is 16.2. The summed E-state index contributed by atoms with van der Waals surface area (Å²) in [4.78, 5) is -0.0648. The lowest BCUT2D eigenvalue weighted by atomic mass is 9.60. The Morgan fingerprint density at radius 3 is 2.54 bits per heavy atom. The van der Waals surface area contributed by atoms with Crippen molar-refractivity contribution in [2.24, 2.45) is 5.14 Å². The van der Waals surface area contributed by atoms with Crippen molar-refractivity contribution in [2.45, 2.75) is 61.5 Å². The third kappa shape index (κ3) is 2.53. The maximum absolute atomic E-state index is 15.0. The van der Waals surface area contributed by atoms with Crippen LogP contribution in [0.4, 0.5) is 10.1 Å². The van der Waals surface area contributed by atoms with Crippen LogP contribution >= 0.6 is 0 Å². The van der Waals surface area contributed by atoms with Gasteiger partial charge in [0.1, 0.15) is 5.82 Å². The Morgan fingerprint density at radius 2 is 1.86 bits per heavy atom. The third-order valence-corrected chi connectivity index (χ3v) is 7.70. The van der Waals surface area contributed by atoms with Crippen LogP contribution in [0.15, 0.2) is 41.3 Å². The fourth-order valence-corrected chi connectivity index (χ4v) is 5.73. The Hall–Kier alpha value is -1.96. The van der Waals surface area contributed by atoms with Crippen molar-refractivity contribution in [2.75, 3.05) is 5.32 Å². The molecule has 0 aromatic heterocycles. The van der Waals surface area contributed by atoms with Crippen LogP contribution in [0.1, 0.15) is 45.6 Å². The molecule has 0 radical (unpaired) electrons. The minimum absolute atomic E-state index is 0.0648. The number of rotatable bonds is 2. The van der Waals surface area contributed by atoms with Gasteiger partial charge in [0.25, 0.3) is 0 Å². The number of benzene rings is 2. The van der Waals surface area contributed by atoms with E-state index in [0.29, 0.717) is 23.2 Å². The molecule has 2 aliphatic rings. The number of hydrogen-bond donors (Lipinski definition) is 3. The van der Waals surface area contributed by atoms with Gasteiger partial charge in [-0.1, -0.05) is 19.1 Å². The average Bonchev–Trinajstić information content (AvgIpc) is 2.91. The Labute approximate surface area is 164 Å². The lowest BCUT2D eigenvalue weighted by Crippen LogP contribution is -2.65. The summed E-state index contributed by atoms with van der Waals surface area (Å²) in [6.07, 6.45) is 2.34. The van der Waals surface area contributed by atoms with E-state index < -0.39 is 32.4 Å². The number of hydrogen-bond acceptors (Lipinski definition) is 4. The average molecular weight is 405 g/mol. The van der Waals surface area contributed by atoms with Gasteiger partial charge in [-0.05, 0) is 68.5 Å². The fraction of sp³-hybridized carbons (Fsp3) is 0.429. The summed E-state index contributed by atoms with van der Waals surface area (Å²) in [7, 11) is -3.89. The minimum atomic E-state index is -3.89. The highest BCUT2D eigenvalue weighted by Crippen LogP contribution is 2.59. The normalized spacial score (nSPS) is 28.4. The number of nitrogens with one attached hydrogen (secondary N) is 1. The summed E-state index contributed by atoms with van der Waals surface area (Å²) >= 11 is 0. The van der Waals surface area contributed by atoms with Crippen molar-refractivity contribution in [3.63, 3.8) is 0 Å². The first-order valence-electron chi connectivity index (χ1n) is 9.37. The predicted octanol–water partition coefficient (Wildman–Crippen LogP) is 3.52. The molecular formula is C21H25FN2O3S. The number of nitrogens with two attached hydrogens (primary N) is 1. The Balaban J connectivity index is 1.93. The molecule has 1 aliphatic carbocycles. The predicted molar refractivity (Wildman–Crippen MR) is 107 cm³/mol. The number of anilines is 1. The largest absolute Gasteiger partial charge is 0.387 e. The van der Waals surface area contributed by atoms with Gasteiger partial charge < -0.3 is 10.4 Å². The SMILES string of the molecule is CC1(C)Nc2cc(F)c(-c3cccc(S(N)(=O)=O)c3)cc2C2(C)CCCC12O. The van der Waals surface area contributed by atoms with Crippen molar-refractivity contribution in [3.8, 4) is 11.1 Å². The molecular weight excluding hydrogens is 379 g/mol. The summed E-state index contributed by atoms with van der Waals surface area (Å²) < 4.78 is 38.4. The summed E-state index contributed by atoms with van der Waals surface area (Å²) in [6, 6.07) is 9.15. The van der Waals surface area contributed by atoms with Crippen molar-refractivity contribution >= 4 is 15.7 Å². The molecule has 0 bridgehead atoms. The van der Waals surface area contributed by atoms with E-state index >= 15 is 4.39 Å². The number of fused-ring (bicyclic) bond motifs is 3. The maximum atomic E-state index is 15.0. The van der Waals surface area contributed by atoms with Crippen molar-refractivity contribution in [1.82, 2.24) is 0 Å². The van der Waals surface area contributed by atoms with Crippen LogP contribution in [0.25, 0.3) is 11.1 Å². The first kappa shape index (κ1) is 19.4. The second kappa shape index (κ2) is 5.78. The molecule has 1 saturated carbocycles. The topological polar surface area (TPSA) is 92.4 Å². The zero-order valence-corrected chi connectivity index (χ0v) is 17.0. The van der Waals surface area contributed by atoms with Gasteiger partial charge in [-0.2, -0.15) is 0 Å². The first-order chi connectivity index (χ1) is 12.9. The van der Waals surface area contributed by atoms with Gasteiger partial charge >= 0.3 is 0 Å². The monoisotopic (exact) mass is 404 g/mol. The van der Waals surface area contributed by atoms with Crippen molar-refractivity contribution in [3.05, 3.63) is 47.8 Å². The standard InChI is InChI=1S/C21H25FN2O3S/c1-19(2)21(25)9-5-8-20(21,3)16-11-15(17(22)12-18(16)24-19)13-6-4-7-14(10-13)28(23,26)27/h4,6-7,10-12,24-25H,5,8-9H2,1-3H3,(H2,23,26,27). The highest BCUT2D eigenvalue weighted by molar-refractivity contribution is 7.89. The molecule has 2 unspecified atom stereocenters. The molecule has 150 valence electrons. The van der Waals surface area contributed by atoms with E-state index in [-0.39, 0.29) is 4.90 Å². The van der Waals surface area contributed by atoms with E-state index in [4.69, 9.17) is 5.14 Å². The van der Waals surface area contributed by atoms with Crippen LogP contribution in [0.3, 0.4) is 0 Å². The molecule has 7 heteroatoms. The van der Waals surface area contributed by atoms with Gasteiger partial charge in [0.05, 0.1) is 16.0 Å². The van der Waals surface area contributed by atoms with Gasteiger partial charge in [-0.25, -0.2) is 17.9 Å². The van der Waals surface area contributed by atoms with Crippen LogP contribution in [0, 0.1) is 5.82 Å². The Bertz CT molecular complexity index is 1080. The number of primary sulfonamides is 1. The quantitative estimate of drug-likeness (QED) is 0.714. The first-order valence-corrected chi connectivity index (χ1v) is 10.9. The third-order valence-electron chi connectivity index (χ3n) is 6.78. The molecule has 28 heavy (non-hydrogen) atoms.